The van der Waals surface area contributed by atoms with Gasteiger partial charge in [0.1, 0.15) is 4.90 Å². The maximum atomic E-state index is 13.1. The summed E-state index contributed by atoms with van der Waals surface area (Å²) >= 11 is 0. The fourth-order valence-electron chi connectivity index (χ4n) is 4.39. The molecule has 166 valence electrons. The Hall–Kier alpha value is -2.23. The van der Waals surface area contributed by atoms with Crippen LogP contribution in [0.5, 0.6) is 0 Å². The number of rotatable bonds is 4. The largest absolute Gasteiger partial charge is 0.338 e. The van der Waals surface area contributed by atoms with E-state index in [4.69, 9.17) is 0 Å². The van der Waals surface area contributed by atoms with E-state index in [0.29, 0.717) is 25.9 Å². The van der Waals surface area contributed by atoms with Crippen molar-refractivity contribution in [2.45, 2.75) is 35.6 Å². The molecule has 2 aliphatic heterocycles. The van der Waals surface area contributed by atoms with Gasteiger partial charge in [-0.1, -0.05) is 36.4 Å². The number of sulfone groups is 1. The molecule has 0 unspecified atom stereocenters. The first-order valence-electron chi connectivity index (χ1n) is 10.3. The van der Waals surface area contributed by atoms with Gasteiger partial charge >= 0.3 is 0 Å². The average Bonchev–Trinajstić information content (AvgIpc) is 2.78. The van der Waals surface area contributed by atoms with Crippen molar-refractivity contribution in [3.8, 4) is 0 Å². The van der Waals surface area contributed by atoms with Gasteiger partial charge in [0, 0.05) is 38.4 Å². The first-order chi connectivity index (χ1) is 14.7. The maximum Gasteiger partial charge on any atom is 0.244 e. The third-order valence-electron chi connectivity index (χ3n) is 6.11. The van der Waals surface area contributed by atoms with Crippen molar-refractivity contribution < 1.29 is 21.6 Å². The van der Waals surface area contributed by atoms with Gasteiger partial charge < -0.3 is 4.90 Å². The molecule has 1 amide bonds. The zero-order valence-electron chi connectivity index (χ0n) is 17.4. The minimum Gasteiger partial charge on any atom is -0.338 e. The SMILES string of the molecule is CS(=O)(=O)c1ccccc1S(=O)(=O)N1CCC(C(=O)N2CCc3ccccc3C2)CC1. The lowest BCUT2D eigenvalue weighted by molar-refractivity contribution is -0.137. The molecule has 1 fully saturated rings. The Bertz CT molecular complexity index is 1200. The molecular formula is C22H26N2O5S2. The molecular weight excluding hydrogens is 436 g/mol. The van der Waals surface area contributed by atoms with Crippen molar-refractivity contribution in [2.24, 2.45) is 5.92 Å². The van der Waals surface area contributed by atoms with Crippen molar-refractivity contribution in [3.05, 3.63) is 59.7 Å². The van der Waals surface area contributed by atoms with Crippen molar-refractivity contribution >= 4 is 25.8 Å². The number of carbonyl (C=O) groups excluding carboxylic acids is 1. The Kier molecular flexibility index (Phi) is 5.93. The monoisotopic (exact) mass is 462 g/mol. The number of amides is 1. The van der Waals surface area contributed by atoms with Crippen LogP contribution < -0.4 is 0 Å². The van der Waals surface area contributed by atoms with Crippen LogP contribution in [0.15, 0.2) is 58.3 Å². The van der Waals surface area contributed by atoms with E-state index in [1.165, 1.54) is 39.7 Å². The van der Waals surface area contributed by atoms with E-state index < -0.39 is 19.9 Å². The molecule has 0 saturated carbocycles. The molecule has 0 radical (unpaired) electrons. The number of nitrogens with zero attached hydrogens (tertiary/aromatic N) is 2. The summed E-state index contributed by atoms with van der Waals surface area (Å²) in [6.07, 6.45) is 2.69. The Morgan fingerprint density at radius 3 is 2.06 bits per heavy atom. The van der Waals surface area contributed by atoms with Crippen molar-refractivity contribution in [2.75, 3.05) is 25.9 Å². The molecule has 0 spiro atoms. The van der Waals surface area contributed by atoms with Gasteiger partial charge in [-0.2, -0.15) is 4.31 Å². The molecule has 0 aromatic heterocycles. The quantitative estimate of drug-likeness (QED) is 0.694. The topological polar surface area (TPSA) is 91.8 Å². The highest BCUT2D eigenvalue weighted by Gasteiger charge is 2.36. The maximum absolute atomic E-state index is 13.1. The number of fused-ring (bicyclic) bond motifs is 1. The highest BCUT2D eigenvalue weighted by Crippen LogP contribution is 2.29. The second-order valence-electron chi connectivity index (χ2n) is 8.18. The van der Waals surface area contributed by atoms with Crippen LogP contribution in [0, 0.1) is 5.92 Å². The summed E-state index contributed by atoms with van der Waals surface area (Å²) in [5.41, 5.74) is 2.44. The van der Waals surface area contributed by atoms with Crippen molar-refractivity contribution in [1.82, 2.24) is 9.21 Å². The molecule has 31 heavy (non-hydrogen) atoms. The third kappa shape index (κ3) is 4.40. The predicted molar refractivity (Wildman–Crippen MR) is 117 cm³/mol. The van der Waals surface area contributed by atoms with Gasteiger partial charge in [0.05, 0.1) is 4.90 Å². The number of hydrogen-bond donors (Lipinski definition) is 0. The van der Waals surface area contributed by atoms with Crippen LogP contribution in [0.1, 0.15) is 24.0 Å². The van der Waals surface area contributed by atoms with Crippen LogP contribution in [-0.2, 0) is 37.6 Å². The minimum absolute atomic E-state index is 0.0723. The summed E-state index contributed by atoms with van der Waals surface area (Å²) in [6, 6.07) is 13.8. The lowest BCUT2D eigenvalue weighted by Crippen LogP contribution is -2.45. The Morgan fingerprint density at radius 2 is 1.42 bits per heavy atom. The van der Waals surface area contributed by atoms with Gasteiger partial charge in [0.25, 0.3) is 0 Å². The van der Waals surface area contributed by atoms with E-state index in [1.54, 1.807) is 0 Å². The van der Waals surface area contributed by atoms with Crippen molar-refractivity contribution in [3.63, 3.8) is 0 Å². The molecule has 0 bridgehead atoms. The lowest BCUT2D eigenvalue weighted by Gasteiger charge is -2.35. The molecule has 0 N–H and O–H groups in total. The summed E-state index contributed by atoms with van der Waals surface area (Å²) in [5.74, 6) is -0.148. The summed E-state index contributed by atoms with van der Waals surface area (Å²) in [4.78, 5) is 14.5. The molecule has 7 nitrogen and oxygen atoms in total. The number of benzene rings is 2. The van der Waals surface area contributed by atoms with Crippen molar-refractivity contribution in [1.29, 1.82) is 0 Å². The summed E-state index contributed by atoms with van der Waals surface area (Å²) in [6.45, 7) is 1.66. The smallest absolute Gasteiger partial charge is 0.244 e. The Morgan fingerprint density at radius 1 is 0.839 bits per heavy atom. The van der Waals surface area contributed by atoms with E-state index in [9.17, 15) is 21.6 Å². The minimum atomic E-state index is -3.96. The third-order valence-corrected chi connectivity index (χ3v) is 9.35. The molecule has 0 aliphatic carbocycles. The van der Waals surface area contributed by atoms with Gasteiger partial charge in [-0.25, -0.2) is 16.8 Å². The molecule has 1 saturated heterocycles. The highest BCUT2D eigenvalue weighted by atomic mass is 32.2. The molecule has 2 heterocycles. The average molecular weight is 463 g/mol. The fraction of sp³-hybridized carbons (Fsp3) is 0.409. The van der Waals surface area contributed by atoms with Crippen LogP contribution in [0.25, 0.3) is 0 Å². The predicted octanol–water partition coefficient (Wildman–Crippen LogP) is 2.08. The van der Waals surface area contributed by atoms with Crippen LogP contribution >= 0.6 is 0 Å². The fourth-order valence-corrected chi connectivity index (χ4v) is 7.47. The summed E-state index contributed by atoms with van der Waals surface area (Å²) in [5, 5.41) is 0. The lowest BCUT2D eigenvalue weighted by atomic mass is 9.94. The van der Waals surface area contributed by atoms with E-state index in [1.807, 2.05) is 23.1 Å². The molecule has 2 aliphatic rings. The second kappa shape index (κ2) is 8.37. The van der Waals surface area contributed by atoms with Gasteiger partial charge in [-0.05, 0) is 42.5 Å². The van der Waals surface area contributed by atoms with Gasteiger partial charge in [-0.3, -0.25) is 4.79 Å². The molecule has 0 atom stereocenters. The Balaban J connectivity index is 1.45. The first kappa shape index (κ1) is 22.0. The number of carbonyl (C=O) groups is 1. The second-order valence-corrected chi connectivity index (χ2v) is 12.1. The Labute approximate surface area is 183 Å². The summed E-state index contributed by atoms with van der Waals surface area (Å²) in [7, 11) is -7.65. The standard InChI is InChI=1S/C22H26N2O5S2/c1-30(26,27)20-8-4-5-9-21(20)31(28,29)24-14-11-18(12-15-24)22(25)23-13-10-17-6-2-3-7-19(17)16-23/h2-9,18H,10-16H2,1H3. The van der Waals surface area contributed by atoms with E-state index in [0.717, 1.165) is 12.7 Å². The van der Waals surface area contributed by atoms with Crippen LogP contribution in [0.3, 0.4) is 0 Å². The molecule has 4 rings (SSSR count). The normalized spacial score (nSPS) is 18.5. The first-order valence-corrected chi connectivity index (χ1v) is 13.7. The van der Waals surface area contributed by atoms with Gasteiger partial charge in [-0.15, -0.1) is 0 Å². The van der Waals surface area contributed by atoms with E-state index >= 15 is 0 Å². The van der Waals surface area contributed by atoms with Gasteiger partial charge in [0.15, 0.2) is 9.84 Å². The highest BCUT2D eigenvalue weighted by molar-refractivity contribution is 7.93. The van der Waals surface area contributed by atoms with Crippen LogP contribution in [-0.4, -0.2) is 57.8 Å². The zero-order chi connectivity index (χ0) is 22.2. The van der Waals surface area contributed by atoms with Gasteiger partial charge in [0.2, 0.25) is 15.9 Å². The van der Waals surface area contributed by atoms with Crippen LogP contribution in [0.4, 0.5) is 0 Å². The molecule has 2 aromatic rings. The number of hydrogen-bond acceptors (Lipinski definition) is 5. The number of piperidine rings is 1. The van der Waals surface area contributed by atoms with E-state index in [-0.39, 0.29) is 34.7 Å². The molecule has 2 aromatic carbocycles. The number of sulfonamides is 1. The van der Waals surface area contributed by atoms with E-state index in [2.05, 4.69) is 6.07 Å². The zero-order valence-corrected chi connectivity index (χ0v) is 19.0. The van der Waals surface area contributed by atoms with Crippen LogP contribution in [0.2, 0.25) is 0 Å². The molecule has 9 heteroatoms. The summed E-state index contributed by atoms with van der Waals surface area (Å²) < 4.78 is 51.7.